The Labute approximate surface area is 168 Å². The summed E-state index contributed by atoms with van der Waals surface area (Å²) in [5, 5.41) is 3.91. The van der Waals surface area contributed by atoms with E-state index in [1.54, 1.807) is 18.3 Å². The van der Waals surface area contributed by atoms with Gasteiger partial charge in [-0.25, -0.2) is 5.43 Å². The van der Waals surface area contributed by atoms with E-state index in [4.69, 9.17) is 14.2 Å². The van der Waals surface area contributed by atoms with Gasteiger partial charge in [0.1, 0.15) is 5.75 Å². The van der Waals surface area contributed by atoms with Crippen LogP contribution >= 0.6 is 31.9 Å². The van der Waals surface area contributed by atoms with Crippen molar-refractivity contribution in [1.29, 1.82) is 0 Å². The van der Waals surface area contributed by atoms with Gasteiger partial charge in [0, 0.05) is 4.47 Å². The van der Waals surface area contributed by atoms with Gasteiger partial charge in [0.25, 0.3) is 5.91 Å². The van der Waals surface area contributed by atoms with Gasteiger partial charge in [-0.1, -0.05) is 15.9 Å². The van der Waals surface area contributed by atoms with Gasteiger partial charge in [-0.05, 0) is 64.8 Å². The predicted octanol–water partition coefficient (Wildman–Crippen LogP) is 4.15. The van der Waals surface area contributed by atoms with E-state index in [9.17, 15) is 4.79 Å². The number of hydrogen-bond acceptors (Lipinski definition) is 5. The Balaban J connectivity index is 1.87. The van der Waals surface area contributed by atoms with E-state index in [0.29, 0.717) is 22.6 Å². The summed E-state index contributed by atoms with van der Waals surface area (Å²) in [5.74, 6) is 1.36. The summed E-state index contributed by atoms with van der Waals surface area (Å²) in [6.07, 6.45) is 1.55. The summed E-state index contributed by atoms with van der Waals surface area (Å²) in [7, 11) is 1.53. The third-order valence-corrected chi connectivity index (χ3v) is 4.18. The molecule has 0 bridgehead atoms. The molecule has 1 amide bonds. The maximum absolute atomic E-state index is 11.9. The van der Waals surface area contributed by atoms with Gasteiger partial charge < -0.3 is 14.2 Å². The molecule has 0 spiro atoms. The van der Waals surface area contributed by atoms with Crippen molar-refractivity contribution < 1.29 is 19.0 Å². The zero-order valence-corrected chi connectivity index (χ0v) is 17.5. The lowest BCUT2D eigenvalue weighted by atomic mass is 10.2. The largest absolute Gasteiger partial charge is 0.494 e. The molecular weight excluding hydrogens is 468 g/mol. The summed E-state index contributed by atoms with van der Waals surface area (Å²) in [4.78, 5) is 11.9. The minimum Gasteiger partial charge on any atom is -0.494 e. The highest BCUT2D eigenvalue weighted by Gasteiger charge is 2.12. The first-order valence-corrected chi connectivity index (χ1v) is 9.32. The van der Waals surface area contributed by atoms with Crippen molar-refractivity contribution in [3.05, 3.63) is 50.9 Å². The number of carbonyl (C=O) groups is 1. The smallest absolute Gasteiger partial charge is 0.277 e. The van der Waals surface area contributed by atoms with Crippen molar-refractivity contribution in [2.45, 2.75) is 6.92 Å². The molecule has 0 aliphatic rings. The van der Waals surface area contributed by atoms with Crippen molar-refractivity contribution in [2.24, 2.45) is 5.10 Å². The van der Waals surface area contributed by atoms with Crippen LogP contribution < -0.4 is 19.6 Å². The van der Waals surface area contributed by atoms with Crippen LogP contribution in [0.15, 0.2) is 50.4 Å². The van der Waals surface area contributed by atoms with Crippen LogP contribution in [-0.4, -0.2) is 32.4 Å². The van der Waals surface area contributed by atoms with Gasteiger partial charge in [-0.15, -0.1) is 0 Å². The molecule has 138 valence electrons. The molecule has 0 fully saturated rings. The van der Waals surface area contributed by atoms with E-state index < -0.39 is 0 Å². The molecule has 1 N–H and O–H groups in total. The number of amides is 1. The number of nitrogens with zero attached hydrogens (tertiary/aromatic N) is 1. The first-order chi connectivity index (χ1) is 12.5. The molecule has 0 radical (unpaired) electrons. The average molecular weight is 486 g/mol. The minimum atomic E-state index is -0.385. The number of ether oxygens (including phenoxy) is 3. The maximum atomic E-state index is 11.9. The van der Waals surface area contributed by atoms with Crippen molar-refractivity contribution >= 4 is 44.0 Å². The Morgan fingerprint density at radius 3 is 2.58 bits per heavy atom. The normalized spacial score (nSPS) is 10.6. The number of carbonyl (C=O) groups excluding carboxylic acids is 1. The van der Waals surface area contributed by atoms with Crippen molar-refractivity contribution in [1.82, 2.24) is 5.43 Å². The highest BCUT2D eigenvalue weighted by Crippen LogP contribution is 2.38. The molecule has 0 saturated heterocycles. The number of hydrazone groups is 1. The molecule has 0 atom stereocenters. The third kappa shape index (κ3) is 6.03. The van der Waals surface area contributed by atoms with Gasteiger partial charge in [-0.3, -0.25) is 4.79 Å². The van der Waals surface area contributed by atoms with E-state index in [1.807, 2.05) is 31.2 Å². The van der Waals surface area contributed by atoms with Gasteiger partial charge in [0.2, 0.25) is 0 Å². The molecule has 0 unspecified atom stereocenters. The lowest BCUT2D eigenvalue weighted by Crippen LogP contribution is -2.24. The number of halogens is 2. The Hall–Kier alpha value is -2.06. The van der Waals surface area contributed by atoms with Crippen molar-refractivity contribution in [2.75, 3.05) is 20.3 Å². The molecule has 2 aromatic rings. The predicted molar refractivity (Wildman–Crippen MR) is 107 cm³/mol. The number of hydrogen-bond donors (Lipinski definition) is 1. The van der Waals surface area contributed by atoms with Crippen LogP contribution in [0.3, 0.4) is 0 Å². The van der Waals surface area contributed by atoms with Crippen LogP contribution in [0.2, 0.25) is 0 Å². The van der Waals surface area contributed by atoms with E-state index in [0.717, 1.165) is 15.8 Å². The molecule has 2 rings (SSSR count). The van der Waals surface area contributed by atoms with Crippen LogP contribution in [0, 0.1) is 0 Å². The SMILES string of the molecule is CCOc1ccc(C=NNC(=O)COc2c(Br)cc(Br)cc2OC)cc1. The van der Waals surface area contributed by atoms with Crippen molar-refractivity contribution in [3.8, 4) is 17.2 Å². The van der Waals surface area contributed by atoms with Crippen LogP contribution in [0.25, 0.3) is 0 Å². The number of rotatable bonds is 8. The molecule has 0 aromatic heterocycles. The second-order valence-electron chi connectivity index (χ2n) is 5.00. The van der Waals surface area contributed by atoms with Gasteiger partial charge >= 0.3 is 0 Å². The summed E-state index contributed by atoms with van der Waals surface area (Å²) < 4.78 is 17.6. The molecular formula is C18H18Br2N2O4. The van der Waals surface area contributed by atoms with Crippen LogP contribution in [0.1, 0.15) is 12.5 Å². The molecule has 0 saturated carbocycles. The molecule has 26 heavy (non-hydrogen) atoms. The monoisotopic (exact) mass is 484 g/mol. The second-order valence-corrected chi connectivity index (χ2v) is 6.77. The highest BCUT2D eigenvalue weighted by atomic mass is 79.9. The highest BCUT2D eigenvalue weighted by molar-refractivity contribution is 9.11. The fourth-order valence-corrected chi connectivity index (χ4v) is 3.29. The number of methoxy groups -OCH3 is 1. The lowest BCUT2D eigenvalue weighted by molar-refractivity contribution is -0.123. The first kappa shape index (κ1) is 20.3. The molecule has 6 nitrogen and oxygen atoms in total. The Bertz CT molecular complexity index is 780. The van der Waals surface area contributed by atoms with Crippen LogP contribution in [-0.2, 0) is 4.79 Å². The minimum absolute atomic E-state index is 0.197. The number of benzene rings is 2. The summed E-state index contributed by atoms with van der Waals surface area (Å²) in [6, 6.07) is 10.9. The van der Waals surface area contributed by atoms with E-state index >= 15 is 0 Å². The van der Waals surface area contributed by atoms with Crippen LogP contribution in [0.4, 0.5) is 0 Å². The van der Waals surface area contributed by atoms with Gasteiger partial charge in [0.05, 0.1) is 24.4 Å². The second kappa shape index (κ2) is 10.2. The standard InChI is InChI=1S/C18H18Br2N2O4/c1-3-25-14-6-4-12(5-7-14)10-21-22-17(23)11-26-18-15(20)8-13(19)9-16(18)24-2/h4-10H,3,11H2,1-2H3,(H,22,23). The summed E-state index contributed by atoms with van der Waals surface area (Å²) >= 11 is 6.75. The Morgan fingerprint density at radius 1 is 1.19 bits per heavy atom. The third-order valence-electron chi connectivity index (χ3n) is 3.14. The first-order valence-electron chi connectivity index (χ1n) is 7.74. The molecule has 0 aliphatic carbocycles. The van der Waals surface area contributed by atoms with Crippen molar-refractivity contribution in [3.63, 3.8) is 0 Å². The average Bonchev–Trinajstić information content (AvgIpc) is 2.62. The summed E-state index contributed by atoms with van der Waals surface area (Å²) in [6.45, 7) is 2.34. The molecule has 8 heteroatoms. The molecule has 0 heterocycles. The Kier molecular flexibility index (Phi) is 7.93. The fourth-order valence-electron chi connectivity index (χ4n) is 1.99. The van der Waals surface area contributed by atoms with Gasteiger partial charge in [0.15, 0.2) is 18.1 Å². The zero-order chi connectivity index (χ0) is 18.9. The topological polar surface area (TPSA) is 69.2 Å². The Morgan fingerprint density at radius 2 is 1.92 bits per heavy atom. The summed E-state index contributed by atoms with van der Waals surface area (Å²) in [5.41, 5.74) is 3.26. The van der Waals surface area contributed by atoms with E-state index in [-0.39, 0.29) is 12.5 Å². The quantitative estimate of drug-likeness (QED) is 0.450. The van der Waals surface area contributed by atoms with Crippen LogP contribution in [0.5, 0.6) is 17.2 Å². The molecule has 0 aliphatic heterocycles. The van der Waals surface area contributed by atoms with E-state index in [2.05, 4.69) is 42.4 Å². The number of nitrogens with one attached hydrogen (secondary N) is 1. The maximum Gasteiger partial charge on any atom is 0.277 e. The fraction of sp³-hybridized carbons (Fsp3) is 0.222. The van der Waals surface area contributed by atoms with E-state index in [1.165, 1.54) is 7.11 Å². The zero-order valence-electron chi connectivity index (χ0n) is 14.3. The lowest BCUT2D eigenvalue weighted by Gasteiger charge is -2.12. The molecule has 2 aromatic carbocycles. The van der Waals surface area contributed by atoms with Gasteiger partial charge in [-0.2, -0.15) is 5.10 Å².